The number of ether oxygens (including phenoxy) is 1. The van der Waals surface area contributed by atoms with Crippen LogP contribution in [0.5, 0.6) is 11.5 Å². The molecule has 1 heterocycles. The van der Waals surface area contributed by atoms with Gasteiger partial charge in [0.15, 0.2) is 0 Å². The second-order valence-electron chi connectivity index (χ2n) is 4.03. The van der Waals surface area contributed by atoms with E-state index in [-0.39, 0.29) is 5.56 Å². The first-order valence-electron chi connectivity index (χ1n) is 5.71. The lowest BCUT2D eigenvalue weighted by atomic mass is 10.2. The molecule has 4 heteroatoms. The van der Waals surface area contributed by atoms with Crippen LogP contribution in [-0.2, 0) is 0 Å². The van der Waals surface area contributed by atoms with E-state index >= 15 is 0 Å². The SMILES string of the molecule is O=C(O)c1coc2ccc(Oc3ccccc3)cc12. The molecule has 0 atom stereocenters. The van der Waals surface area contributed by atoms with E-state index in [9.17, 15) is 4.79 Å². The van der Waals surface area contributed by atoms with Crippen LogP contribution in [0.1, 0.15) is 10.4 Å². The minimum absolute atomic E-state index is 0.133. The molecule has 0 radical (unpaired) electrons. The summed E-state index contributed by atoms with van der Waals surface area (Å²) in [4.78, 5) is 11.0. The van der Waals surface area contributed by atoms with Crippen molar-refractivity contribution in [1.29, 1.82) is 0 Å². The Morgan fingerprint density at radius 1 is 1.05 bits per heavy atom. The Hall–Kier alpha value is -2.75. The molecule has 0 amide bonds. The number of carboxylic acids is 1. The number of hydrogen-bond acceptors (Lipinski definition) is 3. The average Bonchev–Trinajstić information content (AvgIpc) is 2.83. The largest absolute Gasteiger partial charge is 0.478 e. The Balaban J connectivity index is 2.01. The number of carbonyl (C=O) groups is 1. The van der Waals surface area contributed by atoms with Crippen molar-refractivity contribution in [3.8, 4) is 11.5 Å². The van der Waals surface area contributed by atoms with Crippen molar-refractivity contribution in [3.05, 3.63) is 60.4 Å². The highest BCUT2D eigenvalue weighted by atomic mass is 16.5. The van der Waals surface area contributed by atoms with Gasteiger partial charge in [0.05, 0.1) is 0 Å². The van der Waals surface area contributed by atoms with Gasteiger partial charge in [-0.2, -0.15) is 0 Å². The van der Waals surface area contributed by atoms with Gasteiger partial charge in [-0.1, -0.05) is 18.2 Å². The Labute approximate surface area is 108 Å². The van der Waals surface area contributed by atoms with Gasteiger partial charge < -0.3 is 14.3 Å². The minimum atomic E-state index is -1.02. The molecular weight excluding hydrogens is 244 g/mol. The fourth-order valence-corrected chi connectivity index (χ4v) is 1.86. The summed E-state index contributed by atoms with van der Waals surface area (Å²) in [5, 5.41) is 9.58. The zero-order chi connectivity index (χ0) is 13.2. The van der Waals surface area contributed by atoms with Crippen LogP contribution in [-0.4, -0.2) is 11.1 Å². The van der Waals surface area contributed by atoms with E-state index in [4.69, 9.17) is 14.3 Å². The normalized spacial score (nSPS) is 10.5. The lowest BCUT2D eigenvalue weighted by molar-refractivity contribution is 0.0698. The Morgan fingerprint density at radius 3 is 2.58 bits per heavy atom. The monoisotopic (exact) mass is 254 g/mol. The number of aromatic carboxylic acids is 1. The molecule has 0 bridgehead atoms. The zero-order valence-electron chi connectivity index (χ0n) is 9.87. The highest BCUT2D eigenvalue weighted by Gasteiger charge is 2.13. The van der Waals surface area contributed by atoms with Gasteiger partial charge in [0, 0.05) is 5.39 Å². The summed E-state index contributed by atoms with van der Waals surface area (Å²) in [6.45, 7) is 0. The fraction of sp³-hybridized carbons (Fsp3) is 0. The third kappa shape index (κ3) is 2.15. The van der Waals surface area contributed by atoms with Crippen molar-refractivity contribution >= 4 is 16.9 Å². The van der Waals surface area contributed by atoms with E-state index < -0.39 is 5.97 Å². The van der Waals surface area contributed by atoms with Crippen LogP contribution in [0.2, 0.25) is 0 Å². The number of fused-ring (bicyclic) bond motifs is 1. The van der Waals surface area contributed by atoms with Crippen LogP contribution in [0.3, 0.4) is 0 Å². The second kappa shape index (κ2) is 4.49. The van der Waals surface area contributed by atoms with Gasteiger partial charge in [-0.3, -0.25) is 0 Å². The van der Waals surface area contributed by atoms with E-state index in [1.165, 1.54) is 6.26 Å². The molecular formula is C15H10O4. The quantitative estimate of drug-likeness (QED) is 0.769. The first kappa shape index (κ1) is 11.3. The molecule has 94 valence electrons. The highest BCUT2D eigenvalue weighted by molar-refractivity contribution is 6.02. The number of furan rings is 1. The summed E-state index contributed by atoms with van der Waals surface area (Å²) >= 11 is 0. The van der Waals surface area contributed by atoms with Crippen LogP contribution in [0.4, 0.5) is 0 Å². The van der Waals surface area contributed by atoms with Crippen molar-refractivity contribution in [2.45, 2.75) is 0 Å². The van der Waals surface area contributed by atoms with E-state index in [0.717, 1.165) is 0 Å². The number of para-hydroxylation sites is 1. The smallest absolute Gasteiger partial charge is 0.339 e. The van der Waals surface area contributed by atoms with E-state index in [2.05, 4.69) is 0 Å². The summed E-state index contributed by atoms with van der Waals surface area (Å²) in [5.41, 5.74) is 0.659. The maximum absolute atomic E-state index is 11.0. The Morgan fingerprint density at radius 2 is 1.84 bits per heavy atom. The number of hydrogen-bond donors (Lipinski definition) is 1. The molecule has 19 heavy (non-hydrogen) atoms. The van der Waals surface area contributed by atoms with E-state index in [0.29, 0.717) is 22.5 Å². The molecule has 0 aliphatic carbocycles. The van der Waals surface area contributed by atoms with Crippen molar-refractivity contribution in [2.75, 3.05) is 0 Å². The molecule has 0 unspecified atom stereocenters. The molecule has 0 aliphatic rings. The molecule has 3 rings (SSSR count). The topological polar surface area (TPSA) is 59.7 Å². The highest BCUT2D eigenvalue weighted by Crippen LogP contribution is 2.28. The molecule has 3 aromatic rings. The predicted octanol–water partition coefficient (Wildman–Crippen LogP) is 3.92. The van der Waals surface area contributed by atoms with Crippen LogP contribution in [0, 0.1) is 0 Å². The third-order valence-corrected chi connectivity index (χ3v) is 2.75. The molecule has 0 spiro atoms. The first-order valence-corrected chi connectivity index (χ1v) is 5.71. The number of benzene rings is 2. The van der Waals surface area contributed by atoms with Crippen LogP contribution in [0.25, 0.3) is 11.0 Å². The van der Waals surface area contributed by atoms with Gasteiger partial charge in [0.25, 0.3) is 0 Å². The molecule has 0 saturated carbocycles. The Bertz CT molecular complexity index is 728. The van der Waals surface area contributed by atoms with Gasteiger partial charge in [0.1, 0.15) is 28.9 Å². The summed E-state index contributed by atoms with van der Waals surface area (Å²) in [6, 6.07) is 14.4. The fourth-order valence-electron chi connectivity index (χ4n) is 1.86. The lowest BCUT2D eigenvalue weighted by Crippen LogP contribution is -1.93. The van der Waals surface area contributed by atoms with E-state index in [1.54, 1.807) is 18.2 Å². The van der Waals surface area contributed by atoms with E-state index in [1.807, 2.05) is 30.3 Å². The van der Waals surface area contributed by atoms with Crippen LogP contribution < -0.4 is 4.74 Å². The van der Waals surface area contributed by atoms with Crippen LogP contribution in [0.15, 0.2) is 59.2 Å². The second-order valence-corrected chi connectivity index (χ2v) is 4.03. The standard InChI is InChI=1S/C15H10O4/c16-15(17)13-9-18-14-7-6-11(8-12(13)14)19-10-4-2-1-3-5-10/h1-9H,(H,16,17). The molecule has 0 aliphatic heterocycles. The lowest BCUT2D eigenvalue weighted by Gasteiger charge is -2.05. The van der Waals surface area contributed by atoms with Gasteiger partial charge in [-0.15, -0.1) is 0 Å². The van der Waals surface area contributed by atoms with Crippen molar-refractivity contribution in [3.63, 3.8) is 0 Å². The van der Waals surface area contributed by atoms with Gasteiger partial charge in [0.2, 0.25) is 0 Å². The summed E-state index contributed by atoms with van der Waals surface area (Å²) in [6.07, 6.45) is 1.24. The molecule has 2 aromatic carbocycles. The van der Waals surface area contributed by atoms with Gasteiger partial charge >= 0.3 is 5.97 Å². The molecule has 1 N–H and O–H groups in total. The van der Waals surface area contributed by atoms with Crippen molar-refractivity contribution < 1.29 is 19.1 Å². The summed E-state index contributed by atoms with van der Waals surface area (Å²) in [5.74, 6) is 0.250. The molecule has 1 aromatic heterocycles. The molecule has 4 nitrogen and oxygen atoms in total. The molecule has 0 saturated heterocycles. The zero-order valence-corrected chi connectivity index (χ0v) is 9.87. The Kier molecular flexibility index (Phi) is 2.68. The maximum Gasteiger partial charge on any atom is 0.339 e. The number of carboxylic acid groups (broad SMARTS) is 1. The summed E-state index contributed by atoms with van der Waals surface area (Å²) in [7, 11) is 0. The predicted molar refractivity (Wildman–Crippen MR) is 69.7 cm³/mol. The first-order chi connectivity index (χ1) is 9.24. The average molecular weight is 254 g/mol. The molecule has 0 fully saturated rings. The van der Waals surface area contributed by atoms with Gasteiger partial charge in [-0.05, 0) is 30.3 Å². The maximum atomic E-state index is 11.0. The number of rotatable bonds is 3. The minimum Gasteiger partial charge on any atom is -0.478 e. The van der Waals surface area contributed by atoms with Crippen molar-refractivity contribution in [1.82, 2.24) is 0 Å². The van der Waals surface area contributed by atoms with Gasteiger partial charge in [-0.25, -0.2) is 4.79 Å². The summed E-state index contributed by atoms with van der Waals surface area (Å²) < 4.78 is 10.8. The van der Waals surface area contributed by atoms with Crippen molar-refractivity contribution in [2.24, 2.45) is 0 Å². The van der Waals surface area contributed by atoms with Crippen LogP contribution >= 0.6 is 0 Å². The third-order valence-electron chi connectivity index (χ3n) is 2.75.